The average molecular weight is 266 g/mol. The first-order valence-corrected chi connectivity index (χ1v) is 6.08. The predicted molar refractivity (Wildman–Crippen MR) is 70.5 cm³/mol. The molecule has 1 aliphatic heterocycles. The molecule has 1 amide bonds. The van der Waals surface area contributed by atoms with Crippen LogP contribution in [0.4, 0.5) is 5.69 Å². The molecule has 6 heteroatoms. The van der Waals surface area contributed by atoms with Gasteiger partial charge in [0, 0.05) is 19.7 Å². The van der Waals surface area contributed by atoms with E-state index in [0.717, 1.165) is 0 Å². The van der Waals surface area contributed by atoms with Gasteiger partial charge in [-0.05, 0) is 18.6 Å². The van der Waals surface area contributed by atoms with Crippen LogP contribution in [0.2, 0.25) is 0 Å². The molecular weight excluding hydrogens is 248 g/mol. The minimum absolute atomic E-state index is 0.00967. The average Bonchev–Trinajstić information content (AvgIpc) is 2.90. The summed E-state index contributed by atoms with van der Waals surface area (Å²) < 4.78 is 10.2. The van der Waals surface area contributed by atoms with Crippen molar-refractivity contribution in [3.63, 3.8) is 0 Å². The zero-order valence-corrected chi connectivity index (χ0v) is 11.0. The summed E-state index contributed by atoms with van der Waals surface area (Å²) >= 11 is 0. The van der Waals surface area contributed by atoms with Crippen molar-refractivity contribution >= 4 is 11.6 Å². The third-order valence-electron chi connectivity index (χ3n) is 3.20. The van der Waals surface area contributed by atoms with Crippen molar-refractivity contribution in [3.05, 3.63) is 18.2 Å². The van der Waals surface area contributed by atoms with Gasteiger partial charge in [0.2, 0.25) is 5.91 Å². The van der Waals surface area contributed by atoms with E-state index >= 15 is 0 Å². The number of ether oxygens (including phenoxy) is 2. The van der Waals surface area contributed by atoms with Crippen molar-refractivity contribution < 1.29 is 19.4 Å². The topological polar surface area (TPSA) is 79.8 Å². The van der Waals surface area contributed by atoms with Crippen LogP contribution in [0.5, 0.6) is 11.5 Å². The minimum Gasteiger partial charge on any atom is -0.506 e. The van der Waals surface area contributed by atoms with Crippen LogP contribution in [0, 0.1) is 0 Å². The van der Waals surface area contributed by atoms with Gasteiger partial charge >= 0.3 is 0 Å². The summed E-state index contributed by atoms with van der Waals surface area (Å²) in [6, 6.07) is 4.38. The fourth-order valence-corrected chi connectivity index (χ4v) is 2.04. The fourth-order valence-electron chi connectivity index (χ4n) is 2.04. The normalized spacial score (nSPS) is 22.2. The molecule has 0 spiro atoms. The summed E-state index contributed by atoms with van der Waals surface area (Å²) in [5.74, 6) is 0.390. The van der Waals surface area contributed by atoms with Gasteiger partial charge in [0.1, 0.15) is 11.5 Å². The minimum atomic E-state index is -0.310. The van der Waals surface area contributed by atoms with Crippen LogP contribution in [-0.2, 0) is 9.53 Å². The lowest BCUT2D eigenvalue weighted by Gasteiger charge is -2.13. The molecule has 1 aliphatic rings. The summed E-state index contributed by atoms with van der Waals surface area (Å²) in [5.41, 5.74) is 0.340. The van der Waals surface area contributed by atoms with E-state index in [4.69, 9.17) is 9.47 Å². The molecule has 6 nitrogen and oxygen atoms in total. The van der Waals surface area contributed by atoms with Crippen LogP contribution in [0.3, 0.4) is 0 Å². The third kappa shape index (κ3) is 3.15. The first-order valence-electron chi connectivity index (χ1n) is 6.08. The Kier molecular flexibility index (Phi) is 4.24. The zero-order chi connectivity index (χ0) is 13.8. The number of hydrogen-bond donors (Lipinski definition) is 3. The van der Waals surface area contributed by atoms with Gasteiger partial charge in [-0.3, -0.25) is 4.79 Å². The molecule has 2 rings (SSSR count). The Morgan fingerprint density at radius 3 is 2.89 bits per heavy atom. The Morgan fingerprint density at radius 2 is 2.26 bits per heavy atom. The molecule has 2 atom stereocenters. The second-order valence-corrected chi connectivity index (χ2v) is 4.43. The highest BCUT2D eigenvalue weighted by atomic mass is 16.5. The molecule has 0 saturated carbocycles. The lowest BCUT2D eigenvalue weighted by atomic mass is 10.2. The molecule has 19 heavy (non-hydrogen) atoms. The quantitative estimate of drug-likeness (QED) is 0.700. The van der Waals surface area contributed by atoms with Crippen molar-refractivity contribution in [2.24, 2.45) is 0 Å². The summed E-state index contributed by atoms with van der Waals surface area (Å²) in [7, 11) is 3.15. The number of rotatable bonds is 4. The second kappa shape index (κ2) is 5.90. The molecule has 0 bridgehead atoms. The van der Waals surface area contributed by atoms with Gasteiger partial charge in [0.25, 0.3) is 0 Å². The molecule has 1 aromatic rings. The van der Waals surface area contributed by atoms with Crippen LogP contribution >= 0.6 is 0 Å². The molecular formula is C13H18N2O4. The molecule has 3 N–H and O–H groups in total. The SMILES string of the molecule is COc1ccc(O)c(NC(=O)C2CC(OC)CN2)c1. The number of carbonyl (C=O) groups is 1. The van der Waals surface area contributed by atoms with Gasteiger partial charge in [-0.1, -0.05) is 0 Å². The van der Waals surface area contributed by atoms with Crippen molar-refractivity contribution in [2.75, 3.05) is 26.1 Å². The Hall–Kier alpha value is -1.79. The smallest absolute Gasteiger partial charge is 0.241 e. The van der Waals surface area contributed by atoms with E-state index in [0.29, 0.717) is 24.4 Å². The van der Waals surface area contributed by atoms with Gasteiger partial charge in [0.15, 0.2) is 0 Å². The maximum absolute atomic E-state index is 12.0. The van der Waals surface area contributed by atoms with Crippen LogP contribution in [0.15, 0.2) is 18.2 Å². The number of benzene rings is 1. The number of hydrogen-bond acceptors (Lipinski definition) is 5. The number of phenols is 1. The second-order valence-electron chi connectivity index (χ2n) is 4.43. The van der Waals surface area contributed by atoms with E-state index in [2.05, 4.69) is 10.6 Å². The molecule has 0 radical (unpaired) electrons. The predicted octanol–water partition coefficient (Wildman–Crippen LogP) is 0.716. The third-order valence-corrected chi connectivity index (χ3v) is 3.20. The van der Waals surface area contributed by atoms with Gasteiger partial charge in [-0.25, -0.2) is 0 Å². The Bertz CT molecular complexity index is 464. The number of phenolic OH excluding ortho intramolecular Hbond substituents is 1. The van der Waals surface area contributed by atoms with E-state index in [1.165, 1.54) is 13.2 Å². The number of amides is 1. The van der Waals surface area contributed by atoms with Gasteiger partial charge in [0.05, 0.1) is 24.9 Å². The maximum Gasteiger partial charge on any atom is 0.241 e. The lowest BCUT2D eigenvalue weighted by Crippen LogP contribution is -2.35. The molecule has 2 unspecified atom stereocenters. The molecule has 1 fully saturated rings. The lowest BCUT2D eigenvalue weighted by molar-refractivity contribution is -0.118. The Morgan fingerprint density at radius 1 is 1.47 bits per heavy atom. The fraction of sp³-hybridized carbons (Fsp3) is 0.462. The molecule has 1 aromatic carbocycles. The molecule has 1 heterocycles. The van der Waals surface area contributed by atoms with Crippen molar-refractivity contribution in [1.82, 2.24) is 5.32 Å². The first kappa shape index (κ1) is 13.6. The summed E-state index contributed by atoms with van der Waals surface area (Å²) in [4.78, 5) is 12.0. The highest BCUT2D eigenvalue weighted by molar-refractivity contribution is 5.96. The highest BCUT2D eigenvalue weighted by Gasteiger charge is 2.29. The Labute approximate surface area is 111 Å². The van der Waals surface area contributed by atoms with Crippen LogP contribution < -0.4 is 15.4 Å². The number of nitrogens with one attached hydrogen (secondary N) is 2. The molecule has 104 valence electrons. The number of aromatic hydroxyl groups is 1. The van der Waals surface area contributed by atoms with E-state index in [9.17, 15) is 9.90 Å². The maximum atomic E-state index is 12.0. The van der Waals surface area contributed by atoms with Crippen molar-refractivity contribution in [1.29, 1.82) is 0 Å². The standard InChI is InChI=1S/C13H18N2O4/c1-18-8-3-4-12(16)10(5-8)15-13(17)11-6-9(19-2)7-14-11/h3-5,9,11,14,16H,6-7H2,1-2H3,(H,15,17). The van der Waals surface area contributed by atoms with Gasteiger partial charge in [-0.2, -0.15) is 0 Å². The van der Waals surface area contributed by atoms with E-state index in [-0.39, 0.29) is 23.8 Å². The van der Waals surface area contributed by atoms with E-state index < -0.39 is 0 Å². The van der Waals surface area contributed by atoms with Crippen molar-refractivity contribution in [3.8, 4) is 11.5 Å². The molecule has 0 aliphatic carbocycles. The number of carbonyl (C=O) groups excluding carboxylic acids is 1. The zero-order valence-electron chi connectivity index (χ0n) is 11.0. The molecule has 0 aromatic heterocycles. The first-order chi connectivity index (χ1) is 9.13. The Balaban J connectivity index is 2.03. The number of anilines is 1. The highest BCUT2D eigenvalue weighted by Crippen LogP contribution is 2.28. The number of methoxy groups -OCH3 is 2. The van der Waals surface area contributed by atoms with Crippen LogP contribution in [0.1, 0.15) is 6.42 Å². The molecule has 1 saturated heterocycles. The van der Waals surface area contributed by atoms with Gasteiger partial charge < -0.3 is 25.2 Å². The van der Waals surface area contributed by atoms with E-state index in [1.54, 1.807) is 19.2 Å². The van der Waals surface area contributed by atoms with Crippen LogP contribution in [0.25, 0.3) is 0 Å². The largest absolute Gasteiger partial charge is 0.506 e. The van der Waals surface area contributed by atoms with E-state index in [1.807, 2.05) is 0 Å². The summed E-state index contributed by atoms with van der Waals surface area (Å²) in [6.07, 6.45) is 0.669. The summed E-state index contributed by atoms with van der Waals surface area (Å²) in [6.45, 7) is 0.651. The monoisotopic (exact) mass is 266 g/mol. The van der Waals surface area contributed by atoms with Crippen LogP contribution in [-0.4, -0.2) is 43.9 Å². The van der Waals surface area contributed by atoms with Crippen molar-refractivity contribution in [2.45, 2.75) is 18.6 Å². The summed E-state index contributed by atoms with van der Waals surface area (Å²) in [5, 5.41) is 15.5. The van der Waals surface area contributed by atoms with Gasteiger partial charge in [-0.15, -0.1) is 0 Å².